The first-order chi connectivity index (χ1) is 16.1. The van der Waals surface area contributed by atoms with Gasteiger partial charge in [-0.2, -0.15) is 0 Å². The Morgan fingerprint density at radius 1 is 0.970 bits per heavy atom. The van der Waals surface area contributed by atoms with E-state index >= 15 is 0 Å². The van der Waals surface area contributed by atoms with Crippen LogP contribution in [0.3, 0.4) is 0 Å². The fourth-order valence-electron chi connectivity index (χ4n) is 3.90. The molecule has 1 atom stereocenters. The van der Waals surface area contributed by atoms with E-state index < -0.39 is 18.1 Å². The third-order valence-electron chi connectivity index (χ3n) is 5.36. The molecule has 1 amide bonds. The Balaban J connectivity index is 1.63. The Labute approximate surface area is 197 Å². The Morgan fingerprint density at radius 2 is 1.73 bits per heavy atom. The maximum Gasteiger partial charge on any atom is 0.411 e. The second-order valence-electron chi connectivity index (χ2n) is 7.55. The first-order valence-electron chi connectivity index (χ1n) is 10.7. The lowest BCUT2D eigenvalue weighted by atomic mass is 9.97. The van der Waals surface area contributed by atoms with Crippen LogP contribution in [0.5, 0.6) is 5.75 Å². The molecule has 7 heteroatoms. The number of nitrogens with zero attached hydrogens (tertiary/aromatic N) is 1. The Morgan fingerprint density at radius 3 is 2.52 bits per heavy atom. The molecule has 170 valence electrons. The molecule has 0 saturated heterocycles. The van der Waals surface area contributed by atoms with Crippen molar-refractivity contribution >= 4 is 23.7 Å². The van der Waals surface area contributed by atoms with Gasteiger partial charge in [-0.1, -0.05) is 66.2 Å². The summed E-state index contributed by atoms with van der Waals surface area (Å²) in [5.41, 5.74) is 3.54. The molecule has 0 N–H and O–H groups in total. The quantitative estimate of drug-likeness (QED) is 0.429. The molecule has 0 fully saturated rings. The van der Waals surface area contributed by atoms with Crippen LogP contribution in [-0.2, 0) is 27.4 Å². The van der Waals surface area contributed by atoms with Gasteiger partial charge >= 0.3 is 12.1 Å². The summed E-state index contributed by atoms with van der Waals surface area (Å²) in [6.45, 7) is 2.32. The monoisotopic (exact) mass is 465 g/mol. The van der Waals surface area contributed by atoms with Gasteiger partial charge in [0.1, 0.15) is 12.4 Å². The minimum Gasteiger partial charge on any atom is -0.482 e. The Kier molecular flexibility index (Phi) is 7.15. The number of carbonyl (C=O) groups is 2. The fraction of sp³-hybridized carbons (Fsp3) is 0.231. The summed E-state index contributed by atoms with van der Waals surface area (Å²) in [5.74, 6) is -0.0145. The van der Waals surface area contributed by atoms with E-state index in [1.807, 2.05) is 54.6 Å². The van der Waals surface area contributed by atoms with Crippen LogP contribution in [-0.4, -0.2) is 30.2 Å². The van der Waals surface area contributed by atoms with Crippen molar-refractivity contribution in [1.82, 2.24) is 4.90 Å². The summed E-state index contributed by atoms with van der Waals surface area (Å²) in [6.07, 6.45) is -0.448. The van der Waals surface area contributed by atoms with Gasteiger partial charge in [-0.3, -0.25) is 4.90 Å². The zero-order chi connectivity index (χ0) is 23.2. The summed E-state index contributed by atoms with van der Waals surface area (Å²) in [5, 5.41) is 0.496. The first kappa shape index (κ1) is 22.7. The standard InChI is InChI=1S/C26H24ClNO5/c1-2-31-24(29)17-32-23-13-12-20(27)14-22(23)25-21-11-7-6-10-19(21)15-28(25)26(30)33-16-18-8-4-3-5-9-18/h3-14,25H,2,15-17H2,1H3/t25-/m0/s1. The molecule has 1 aliphatic rings. The van der Waals surface area contributed by atoms with Crippen molar-refractivity contribution in [3.63, 3.8) is 0 Å². The second-order valence-corrected chi connectivity index (χ2v) is 7.98. The first-order valence-corrected chi connectivity index (χ1v) is 11.1. The highest BCUT2D eigenvalue weighted by atomic mass is 35.5. The lowest BCUT2D eigenvalue weighted by molar-refractivity contribution is -0.145. The van der Waals surface area contributed by atoms with E-state index in [4.69, 9.17) is 25.8 Å². The molecule has 1 heterocycles. The number of amides is 1. The Bertz CT molecular complexity index is 1130. The van der Waals surface area contributed by atoms with E-state index in [1.54, 1.807) is 30.0 Å². The van der Waals surface area contributed by atoms with Crippen molar-refractivity contribution in [3.05, 3.63) is 100 Å². The van der Waals surface area contributed by atoms with Gasteiger partial charge in [-0.15, -0.1) is 0 Å². The average Bonchev–Trinajstić information content (AvgIpc) is 3.22. The number of fused-ring (bicyclic) bond motifs is 1. The van der Waals surface area contributed by atoms with Gasteiger partial charge in [0.25, 0.3) is 0 Å². The highest BCUT2D eigenvalue weighted by Gasteiger charge is 2.37. The molecule has 3 aromatic rings. The molecule has 4 rings (SSSR count). The Hall–Kier alpha value is -3.51. The topological polar surface area (TPSA) is 65.1 Å². The van der Waals surface area contributed by atoms with Crippen LogP contribution in [0.1, 0.15) is 35.2 Å². The van der Waals surface area contributed by atoms with E-state index in [9.17, 15) is 9.59 Å². The molecule has 3 aromatic carbocycles. The summed E-state index contributed by atoms with van der Waals surface area (Å²) in [7, 11) is 0. The van der Waals surface area contributed by atoms with Crippen molar-refractivity contribution in [2.24, 2.45) is 0 Å². The predicted octanol–water partition coefficient (Wildman–Crippen LogP) is 5.52. The number of hydrogen-bond acceptors (Lipinski definition) is 5. The van der Waals surface area contributed by atoms with Gasteiger partial charge < -0.3 is 14.2 Å². The highest BCUT2D eigenvalue weighted by Crippen LogP contribution is 2.43. The van der Waals surface area contributed by atoms with E-state index in [0.717, 1.165) is 16.7 Å². The van der Waals surface area contributed by atoms with Crippen LogP contribution >= 0.6 is 11.6 Å². The molecule has 6 nitrogen and oxygen atoms in total. The molecule has 0 bridgehead atoms. The molecule has 0 saturated carbocycles. The fourth-order valence-corrected chi connectivity index (χ4v) is 4.08. The average molecular weight is 466 g/mol. The zero-order valence-corrected chi connectivity index (χ0v) is 19.0. The number of benzene rings is 3. The van der Waals surface area contributed by atoms with Crippen LogP contribution in [0.4, 0.5) is 4.79 Å². The molecule has 0 spiro atoms. The van der Waals surface area contributed by atoms with Crippen LogP contribution in [0.15, 0.2) is 72.8 Å². The van der Waals surface area contributed by atoms with Crippen LogP contribution in [0.25, 0.3) is 0 Å². The van der Waals surface area contributed by atoms with Gasteiger partial charge in [0, 0.05) is 10.6 Å². The lowest BCUT2D eigenvalue weighted by Gasteiger charge is -2.27. The number of hydrogen-bond donors (Lipinski definition) is 0. The molecule has 0 unspecified atom stereocenters. The van der Waals surface area contributed by atoms with Gasteiger partial charge in [-0.25, -0.2) is 9.59 Å². The lowest BCUT2D eigenvalue weighted by Crippen LogP contribution is -2.31. The van der Waals surface area contributed by atoms with E-state index in [2.05, 4.69) is 0 Å². The highest BCUT2D eigenvalue weighted by molar-refractivity contribution is 6.30. The maximum atomic E-state index is 13.2. The van der Waals surface area contributed by atoms with E-state index in [-0.39, 0.29) is 19.8 Å². The van der Waals surface area contributed by atoms with Gasteiger partial charge in [0.15, 0.2) is 6.61 Å². The molecular formula is C26H24ClNO5. The number of rotatable bonds is 7. The third kappa shape index (κ3) is 5.29. The molecular weight excluding hydrogens is 442 g/mol. The largest absolute Gasteiger partial charge is 0.482 e. The third-order valence-corrected chi connectivity index (χ3v) is 5.59. The normalized spacial score (nSPS) is 14.5. The minimum atomic E-state index is -0.472. The predicted molar refractivity (Wildman–Crippen MR) is 124 cm³/mol. The van der Waals surface area contributed by atoms with Crippen molar-refractivity contribution in [3.8, 4) is 5.75 Å². The summed E-state index contributed by atoms with van der Waals surface area (Å²) in [4.78, 5) is 26.7. The molecule has 0 aliphatic carbocycles. The molecule has 1 aliphatic heterocycles. The molecule has 0 aromatic heterocycles. The van der Waals surface area contributed by atoms with Gasteiger partial charge in [0.2, 0.25) is 0 Å². The summed E-state index contributed by atoms with van der Waals surface area (Å²) in [6, 6.07) is 22.0. The maximum absolute atomic E-state index is 13.2. The number of esters is 1. The number of carbonyl (C=O) groups excluding carboxylic acids is 2. The summed E-state index contributed by atoms with van der Waals surface area (Å²) >= 11 is 6.32. The van der Waals surface area contributed by atoms with E-state index in [1.165, 1.54) is 0 Å². The molecule has 0 radical (unpaired) electrons. The van der Waals surface area contributed by atoms with Gasteiger partial charge in [0.05, 0.1) is 19.2 Å². The SMILES string of the molecule is CCOC(=O)COc1ccc(Cl)cc1[C@@H]1c2ccccc2CN1C(=O)OCc1ccccc1. The van der Waals surface area contributed by atoms with Crippen LogP contribution in [0, 0.1) is 0 Å². The number of ether oxygens (including phenoxy) is 3. The van der Waals surface area contributed by atoms with Crippen molar-refractivity contribution in [2.75, 3.05) is 13.2 Å². The van der Waals surface area contributed by atoms with Crippen LogP contribution < -0.4 is 4.74 Å². The second kappa shape index (κ2) is 10.4. The van der Waals surface area contributed by atoms with Gasteiger partial charge in [-0.05, 0) is 41.8 Å². The van der Waals surface area contributed by atoms with Crippen molar-refractivity contribution in [2.45, 2.75) is 26.1 Å². The zero-order valence-electron chi connectivity index (χ0n) is 18.2. The summed E-state index contributed by atoms with van der Waals surface area (Å²) < 4.78 is 16.4. The van der Waals surface area contributed by atoms with Crippen molar-refractivity contribution in [1.29, 1.82) is 0 Å². The number of halogens is 1. The van der Waals surface area contributed by atoms with E-state index in [0.29, 0.717) is 22.9 Å². The van der Waals surface area contributed by atoms with Crippen molar-refractivity contribution < 1.29 is 23.8 Å². The smallest absolute Gasteiger partial charge is 0.411 e. The molecule has 33 heavy (non-hydrogen) atoms. The minimum absolute atomic E-state index is 0.168. The van der Waals surface area contributed by atoms with Crippen LogP contribution in [0.2, 0.25) is 5.02 Å².